The molecule has 3 saturated heterocycles. The Morgan fingerprint density at radius 3 is 2.62 bits per heavy atom. The quantitative estimate of drug-likeness (QED) is 0.751. The van der Waals surface area contributed by atoms with E-state index in [0.717, 1.165) is 37.9 Å². The van der Waals surface area contributed by atoms with Gasteiger partial charge in [-0.1, -0.05) is 42.5 Å². The Morgan fingerprint density at radius 2 is 1.90 bits per heavy atom. The van der Waals surface area contributed by atoms with Crippen LogP contribution in [-0.4, -0.2) is 47.4 Å². The number of ether oxygens (including phenoxy) is 1. The van der Waals surface area contributed by atoms with Gasteiger partial charge < -0.3 is 9.64 Å². The molecule has 0 saturated carbocycles. The molecule has 1 amide bonds. The van der Waals surface area contributed by atoms with Gasteiger partial charge in [-0.05, 0) is 49.1 Å². The number of likely N-dealkylation sites (tertiary alicyclic amines) is 1. The van der Waals surface area contributed by atoms with Gasteiger partial charge in [0.25, 0.3) is 0 Å². The maximum Gasteiger partial charge on any atom is 0.337 e. The van der Waals surface area contributed by atoms with Gasteiger partial charge in [-0.25, -0.2) is 4.79 Å². The molecule has 3 heterocycles. The van der Waals surface area contributed by atoms with Crippen LogP contribution in [0.15, 0.2) is 54.6 Å². The third kappa shape index (κ3) is 2.79. The van der Waals surface area contributed by atoms with E-state index in [1.165, 1.54) is 12.7 Å². The zero-order valence-electron chi connectivity index (χ0n) is 16.7. The highest BCUT2D eigenvalue weighted by atomic mass is 16.5. The van der Waals surface area contributed by atoms with E-state index in [4.69, 9.17) is 4.74 Å². The fraction of sp³-hybridized carbons (Fsp3) is 0.417. The largest absolute Gasteiger partial charge is 0.465 e. The van der Waals surface area contributed by atoms with Gasteiger partial charge in [0.05, 0.1) is 12.7 Å². The minimum absolute atomic E-state index is 0.287. The van der Waals surface area contributed by atoms with Crippen LogP contribution >= 0.6 is 0 Å². The molecule has 3 atom stereocenters. The first kappa shape index (κ1) is 18.4. The molecule has 0 bridgehead atoms. The van der Waals surface area contributed by atoms with Gasteiger partial charge in [0.1, 0.15) is 5.54 Å². The van der Waals surface area contributed by atoms with Crippen molar-refractivity contribution in [2.45, 2.75) is 37.4 Å². The average Bonchev–Trinajstić information content (AvgIpc) is 3.39. The summed E-state index contributed by atoms with van der Waals surface area (Å²) in [7, 11) is 1.38. The molecule has 2 aromatic rings. The molecule has 3 unspecified atom stereocenters. The second-order valence-corrected chi connectivity index (χ2v) is 8.45. The summed E-state index contributed by atoms with van der Waals surface area (Å²) in [6, 6.07) is 18.4. The Morgan fingerprint density at radius 1 is 1.14 bits per heavy atom. The molecule has 0 radical (unpaired) electrons. The van der Waals surface area contributed by atoms with E-state index < -0.39 is 0 Å². The molecule has 5 heteroatoms. The molecular formula is C24H26N2O3. The summed E-state index contributed by atoms with van der Waals surface area (Å²) in [5, 5.41) is 0. The summed E-state index contributed by atoms with van der Waals surface area (Å²) >= 11 is 0. The van der Waals surface area contributed by atoms with E-state index in [9.17, 15) is 9.59 Å². The Kier molecular flexibility index (Phi) is 4.43. The topological polar surface area (TPSA) is 49.9 Å². The molecule has 5 rings (SSSR count). The summed E-state index contributed by atoms with van der Waals surface area (Å²) < 4.78 is 4.76. The number of hydrogen-bond acceptors (Lipinski definition) is 4. The number of hydrogen-bond donors (Lipinski definition) is 0. The summed E-state index contributed by atoms with van der Waals surface area (Å²) in [4.78, 5) is 29.8. The summed E-state index contributed by atoms with van der Waals surface area (Å²) in [6.07, 6.45) is 3.11. The summed E-state index contributed by atoms with van der Waals surface area (Å²) in [5.41, 5.74) is 2.60. The minimum atomic E-state index is -0.337. The van der Waals surface area contributed by atoms with Crippen molar-refractivity contribution in [3.8, 4) is 0 Å². The van der Waals surface area contributed by atoms with Gasteiger partial charge >= 0.3 is 5.97 Å². The van der Waals surface area contributed by atoms with E-state index in [1.807, 2.05) is 17.0 Å². The van der Waals surface area contributed by atoms with Crippen LogP contribution in [0.4, 0.5) is 0 Å². The molecule has 5 nitrogen and oxygen atoms in total. The summed E-state index contributed by atoms with van der Waals surface area (Å²) in [6.45, 7) is 2.42. The predicted octanol–water partition coefficient (Wildman–Crippen LogP) is 3.41. The number of methoxy groups -OCH3 is 1. The highest BCUT2D eigenvalue weighted by Gasteiger charge is 2.64. The van der Waals surface area contributed by atoms with Crippen molar-refractivity contribution in [2.75, 3.05) is 20.2 Å². The van der Waals surface area contributed by atoms with E-state index >= 15 is 0 Å². The molecule has 0 N–H and O–H groups in total. The number of carbonyl (C=O) groups excluding carboxylic acids is 2. The van der Waals surface area contributed by atoms with Crippen LogP contribution in [0.25, 0.3) is 0 Å². The van der Waals surface area contributed by atoms with Crippen LogP contribution < -0.4 is 0 Å². The standard InChI is InChI=1S/C24H26N2O3/c1-29-22(27)19-10-8-17(9-11-19)15-25-16-20-14-21(18-6-3-2-4-7-18)26-13-5-12-24(20,26)23(25)28/h2-4,6-11,20-21H,5,12-16H2,1H3. The monoisotopic (exact) mass is 390 g/mol. The Bertz CT molecular complexity index is 927. The summed E-state index contributed by atoms with van der Waals surface area (Å²) in [5.74, 6) is 0.336. The number of nitrogens with zero attached hydrogens (tertiary/aromatic N) is 2. The van der Waals surface area contributed by atoms with Crippen molar-refractivity contribution < 1.29 is 14.3 Å². The highest BCUT2D eigenvalue weighted by Crippen LogP contribution is 2.56. The van der Waals surface area contributed by atoms with Crippen molar-refractivity contribution in [1.82, 2.24) is 9.80 Å². The van der Waals surface area contributed by atoms with Crippen LogP contribution in [0.2, 0.25) is 0 Å². The fourth-order valence-electron chi connectivity index (χ4n) is 5.79. The SMILES string of the molecule is COC(=O)c1ccc(CN2CC3CC(c4ccccc4)N4CCCC34C2=O)cc1. The molecular weight excluding hydrogens is 364 g/mol. The number of rotatable bonds is 4. The predicted molar refractivity (Wildman–Crippen MR) is 109 cm³/mol. The van der Waals surface area contributed by atoms with Crippen LogP contribution in [0.3, 0.4) is 0 Å². The molecule has 3 fully saturated rings. The van der Waals surface area contributed by atoms with E-state index in [-0.39, 0.29) is 17.4 Å². The second-order valence-electron chi connectivity index (χ2n) is 8.45. The maximum atomic E-state index is 13.6. The normalized spacial score (nSPS) is 28.4. The zero-order chi connectivity index (χ0) is 20.0. The van der Waals surface area contributed by atoms with Crippen LogP contribution in [0.1, 0.15) is 46.8 Å². The number of carbonyl (C=O) groups is 2. The first-order valence-electron chi connectivity index (χ1n) is 10.4. The zero-order valence-corrected chi connectivity index (χ0v) is 16.7. The van der Waals surface area contributed by atoms with E-state index in [2.05, 4.69) is 35.2 Å². The van der Waals surface area contributed by atoms with Gasteiger partial charge in [-0.2, -0.15) is 0 Å². The van der Waals surface area contributed by atoms with Crippen LogP contribution in [-0.2, 0) is 16.1 Å². The number of benzene rings is 2. The molecule has 29 heavy (non-hydrogen) atoms. The van der Waals surface area contributed by atoms with Crippen molar-refractivity contribution >= 4 is 11.9 Å². The van der Waals surface area contributed by atoms with Gasteiger partial charge in [0.15, 0.2) is 0 Å². The lowest BCUT2D eigenvalue weighted by atomic mass is 9.85. The average molecular weight is 390 g/mol. The first-order chi connectivity index (χ1) is 14.1. The molecule has 0 aromatic heterocycles. The molecule has 3 aliphatic rings. The van der Waals surface area contributed by atoms with Gasteiger partial charge in [-0.3, -0.25) is 9.69 Å². The van der Waals surface area contributed by atoms with Crippen molar-refractivity contribution in [1.29, 1.82) is 0 Å². The third-order valence-corrected chi connectivity index (χ3v) is 7.06. The molecule has 2 aromatic carbocycles. The fourth-order valence-corrected chi connectivity index (χ4v) is 5.79. The van der Waals surface area contributed by atoms with Crippen LogP contribution in [0.5, 0.6) is 0 Å². The lowest BCUT2D eigenvalue weighted by molar-refractivity contribution is -0.137. The molecule has 0 aliphatic carbocycles. The Labute approximate surface area is 171 Å². The van der Waals surface area contributed by atoms with Gasteiger partial charge in [-0.15, -0.1) is 0 Å². The highest BCUT2D eigenvalue weighted by molar-refractivity contribution is 5.90. The van der Waals surface area contributed by atoms with E-state index in [0.29, 0.717) is 24.1 Å². The lowest BCUT2D eigenvalue weighted by Gasteiger charge is -2.33. The lowest BCUT2D eigenvalue weighted by Crippen LogP contribution is -2.49. The minimum Gasteiger partial charge on any atom is -0.465 e. The number of esters is 1. The maximum absolute atomic E-state index is 13.6. The van der Waals surface area contributed by atoms with Crippen molar-refractivity contribution in [3.05, 3.63) is 71.3 Å². The van der Waals surface area contributed by atoms with Crippen molar-refractivity contribution in [2.24, 2.45) is 5.92 Å². The first-order valence-corrected chi connectivity index (χ1v) is 10.4. The number of amides is 1. The molecule has 150 valence electrons. The van der Waals surface area contributed by atoms with E-state index in [1.54, 1.807) is 12.1 Å². The van der Waals surface area contributed by atoms with Crippen LogP contribution in [0, 0.1) is 5.92 Å². The third-order valence-electron chi connectivity index (χ3n) is 7.06. The second kappa shape index (κ2) is 6.99. The van der Waals surface area contributed by atoms with Crippen molar-refractivity contribution in [3.63, 3.8) is 0 Å². The smallest absolute Gasteiger partial charge is 0.337 e. The molecule has 3 aliphatic heterocycles. The Hall–Kier alpha value is -2.66. The van der Waals surface area contributed by atoms with Gasteiger partial charge in [0.2, 0.25) is 5.91 Å². The van der Waals surface area contributed by atoms with Gasteiger partial charge in [0, 0.05) is 25.0 Å². The Balaban J connectivity index is 1.36. The molecule has 1 spiro atoms.